The van der Waals surface area contributed by atoms with Crippen LogP contribution in [0.15, 0.2) is 28.7 Å². The summed E-state index contributed by atoms with van der Waals surface area (Å²) in [5, 5.41) is 8.38. The maximum absolute atomic E-state index is 9.43. The van der Waals surface area contributed by atoms with Gasteiger partial charge in [0.2, 0.25) is 6.41 Å². The van der Waals surface area contributed by atoms with Gasteiger partial charge in [-0.05, 0) is 12.1 Å². The summed E-state index contributed by atoms with van der Waals surface area (Å²) in [4.78, 5) is 15.1. The number of rotatable bonds is 3. The minimum atomic E-state index is 0.451. The van der Waals surface area contributed by atoms with Gasteiger partial charge in [-0.1, -0.05) is 12.1 Å². The molecule has 0 saturated heterocycles. The van der Waals surface area contributed by atoms with Crippen molar-refractivity contribution in [3.63, 3.8) is 0 Å². The Labute approximate surface area is 106 Å². The zero-order valence-corrected chi connectivity index (χ0v) is 10.5. The monoisotopic (exact) mass is 245 g/mol. The molecule has 0 spiro atoms. The summed E-state index contributed by atoms with van der Waals surface area (Å²) in [6.45, 7) is 0. The van der Waals surface area contributed by atoms with Crippen LogP contribution in [0, 0.1) is 11.3 Å². The largest absolute Gasteiger partial charge is 0.441 e. The van der Waals surface area contributed by atoms with Crippen molar-refractivity contribution in [2.75, 3.05) is 14.1 Å². The smallest absolute Gasteiger partial charge is 0.209 e. The van der Waals surface area contributed by atoms with Gasteiger partial charge in [-0.15, -0.1) is 0 Å². The molecule has 0 unspecified atom stereocenters. The van der Waals surface area contributed by atoms with Crippen LogP contribution >= 0.6 is 0 Å². The summed E-state index contributed by atoms with van der Waals surface area (Å²) in [7, 11) is 3.38. The van der Waals surface area contributed by atoms with E-state index < -0.39 is 0 Å². The average molecular weight is 245 g/mol. The molecule has 1 amide bonds. The van der Waals surface area contributed by atoms with Gasteiger partial charge in [0.15, 0.2) is 11.5 Å². The van der Waals surface area contributed by atoms with E-state index in [0.29, 0.717) is 18.7 Å². The van der Waals surface area contributed by atoms with Gasteiger partial charge in [-0.3, -0.25) is 4.79 Å². The first-order valence-corrected chi connectivity index (χ1v) is 5.50. The zero-order chi connectivity index (χ0) is 13.4. The number of benzene rings is 1. The Morgan fingerprint density at radius 1 is 1.44 bits per heavy atom. The number of oxazole rings is 1. The van der Waals surface area contributed by atoms with Crippen molar-refractivity contribution in [2.24, 2.45) is 0 Å². The Morgan fingerprint density at radius 2 is 2.11 bits per heavy atom. The molecule has 94 valence electrons. The fourth-order valence-corrected chi connectivity index (χ4v) is 1.19. The summed E-state index contributed by atoms with van der Waals surface area (Å²) in [5.74, 6) is 0.641. The lowest BCUT2D eigenvalue weighted by atomic mass is 10.3. The highest BCUT2D eigenvalue weighted by Crippen LogP contribution is 2.15. The van der Waals surface area contributed by atoms with E-state index in [2.05, 4.69) is 11.1 Å². The number of nitrogens with zero attached hydrogens (tertiary/aromatic N) is 3. The number of para-hydroxylation sites is 2. The molecular weight excluding hydrogens is 230 g/mol. The summed E-state index contributed by atoms with van der Waals surface area (Å²) in [6.07, 6.45) is 1.79. The van der Waals surface area contributed by atoms with Gasteiger partial charge in [0.1, 0.15) is 5.52 Å². The van der Waals surface area contributed by atoms with Crippen LogP contribution in [0.2, 0.25) is 0 Å². The molecule has 0 aliphatic heterocycles. The molecule has 1 aromatic carbocycles. The van der Waals surface area contributed by atoms with Crippen LogP contribution in [0.5, 0.6) is 0 Å². The van der Waals surface area contributed by atoms with Crippen LogP contribution in [-0.4, -0.2) is 30.4 Å². The van der Waals surface area contributed by atoms with E-state index in [9.17, 15) is 4.79 Å². The molecule has 1 aromatic heterocycles. The van der Waals surface area contributed by atoms with E-state index in [1.54, 1.807) is 14.1 Å². The first-order valence-electron chi connectivity index (χ1n) is 5.50. The van der Waals surface area contributed by atoms with Crippen LogP contribution in [0.1, 0.15) is 12.3 Å². The summed E-state index contributed by atoms with van der Waals surface area (Å²) >= 11 is 0. The van der Waals surface area contributed by atoms with Crippen molar-refractivity contribution in [3.8, 4) is 6.07 Å². The predicted octanol–water partition coefficient (Wildman–Crippen LogP) is 1.99. The molecular formula is C13H15N3O2. The van der Waals surface area contributed by atoms with Gasteiger partial charge in [-0.2, -0.15) is 5.26 Å². The minimum absolute atomic E-state index is 0.451. The van der Waals surface area contributed by atoms with E-state index in [4.69, 9.17) is 9.68 Å². The Morgan fingerprint density at radius 3 is 2.67 bits per heavy atom. The summed E-state index contributed by atoms with van der Waals surface area (Å²) in [5.41, 5.74) is 1.64. The Hall–Kier alpha value is -2.35. The first kappa shape index (κ1) is 13.7. The van der Waals surface area contributed by atoms with Crippen LogP contribution in [-0.2, 0) is 11.2 Å². The maximum Gasteiger partial charge on any atom is 0.209 e. The highest BCUT2D eigenvalue weighted by atomic mass is 16.3. The van der Waals surface area contributed by atoms with Crippen LogP contribution < -0.4 is 0 Å². The number of amides is 1. The molecule has 0 bridgehead atoms. The molecule has 1 heterocycles. The Balaban J connectivity index is 0.000000280. The van der Waals surface area contributed by atoms with E-state index in [1.807, 2.05) is 24.3 Å². The standard InChI is InChI=1S/C10H8N2O.C3H7NO/c11-7-3-6-10-12-8-4-1-2-5-9(8)13-10;1-4(2)3-5/h1-2,4-5H,3,6H2;3H,1-2H3. The molecule has 2 aromatic rings. The number of carbonyl (C=O) groups excluding carboxylic acids is 1. The summed E-state index contributed by atoms with van der Waals surface area (Å²) in [6, 6.07) is 9.65. The van der Waals surface area contributed by atoms with E-state index in [1.165, 1.54) is 4.90 Å². The third kappa shape index (κ3) is 4.26. The number of aryl methyl sites for hydroxylation is 1. The second-order valence-electron chi connectivity index (χ2n) is 3.80. The van der Waals surface area contributed by atoms with Crippen LogP contribution in [0.4, 0.5) is 0 Å². The normalized spacial score (nSPS) is 9.17. The lowest BCUT2D eigenvalue weighted by Crippen LogP contribution is -2.06. The van der Waals surface area contributed by atoms with Crippen molar-refractivity contribution in [3.05, 3.63) is 30.2 Å². The molecule has 0 atom stereocenters. The van der Waals surface area contributed by atoms with Crippen molar-refractivity contribution in [1.82, 2.24) is 9.88 Å². The average Bonchev–Trinajstić information content (AvgIpc) is 2.79. The molecule has 18 heavy (non-hydrogen) atoms. The first-order chi connectivity index (χ1) is 8.67. The molecule has 0 aliphatic carbocycles. The molecule has 0 N–H and O–H groups in total. The third-order valence-corrected chi connectivity index (χ3v) is 2.00. The maximum atomic E-state index is 9.43. The van der Waals surface area contributed by atoms with Crippen molar-refractivity contribution >= 4 is 17.5 Å². The van der Waals surface area contributed by atoms with E-state index in [0.717, 1.165) is 17.5 Å². The molecule has 0 saturated carbocycles. The molecule has 0 radical (unpaired) electrons. The number of hydrogen-bond acceptors (Lipinski definition) is 4. The molecule has 2 rings (SSSR count). The molecule has 5 nitrogen and oxygen atoms in total. The fourth-order valence-electron chi connectivity index (χ4n) is 1.19. The third-order valence-electron chi connectivity index (χ3n) is 2.00. The summed E-state index contributed by atoms with van der Waals surface area (Å²) < 4.78 is 5.41. The highest BCUT2D eigenvalue weighted by molar-refractivity contribution is 5.72. The number of aromatic nitrogens is 1. The fraction of sp³-hybridized carbons (Fsp3) is 0.308. The van der Waals surface area contributed by atoms with Gasteiger partial charge in [-0.25, -0.2) is 4.98 Å². The molecule has 0 aliphatic rings. The number of hydrogen-bond donors (Lipinski definition) is 0. The highest BCUT2D eigenvalue weighted by Gasteiger charge is 2.03. The van der Waals surface area contributed by atoms with Crippen LogP contribution in [0.3, 0.4) is 0 Å². The quantitative estimate of drug-likeness (QED) is 0.775. The minimum Gasteiger partial charge on any atom is -0.441 e. The lowest BCUT2D eigenvalue weighted by molar-refractivity contribution is -0.115. The number of carbonyl (C=O) groups is 1. The van der Waals surface area contributed by atoms with E-state index >= 15 is 0 Å². The van der Waals surface area contributed by atoms with Gasteiger partial charge < -0.3 is 9.32 Å². The SMILES string of the molecule is CN(C)C=O.N#CCCc1nc2ccccc2o1. The van der Waals surface area contributed by atoms with Gasteiger partial charge in [0, 0.05) is 26.9 Å². The van der Waals surface area contributed by atoms with Gasteiger partial charge >= 0.3 is 0 Å². The zero-order valence-electron chi connectivity index (χ0n) is 10.5. The van der Waals surface area contributed by atoms with Crippen molar-refractivity contribution in [1.29, 1.82) is 5.26 Å². The lowest BCUT2D eigenvalue weighted by Gasteiger charge is -1.93. The van der Waals surface area contributed by atoms with Gasteiger partial charge in [0.05, 0.1) is 6.07 Å². The Bertz CT molecular complexity index is 507. The molecule has 0 fully saturated rings. The van der Waals surface area contributed by atoms with Crippen molar-refractivity contribution < 1.29 is 9.21 Å². The van der Waals surface area contributed by atoms with Crippen molar-refractivity contribution in [2.45, 2.75) is 12.8 Å². The number of nitriles is 1. The molecule has 5 heteroatoms. The van der Waals surface area contributed by atoms with Crippen LogP contribution in [0.25, 0.3) is 11.1 Å². The Kier molecular flexibility index (Phi) is 5.39. The second kappa shape index (κ2) is 7.07. The predicted molar refractivity (Wildman–Crippen MR) is 67.7 cm³/mol. The van der Waals surface area contributed by atoms with Gasteiger partial charge in [0.25, 0.3) is 0 Å². The second-order valence-corrected chi connectivity index (χ2v) is 3.80. The number of fused-ring (bicyclic) bond motifs is 1. The van der Waals surface area contributed by atoms with E-state index in [-0.39, 0.29) is 0 Å². The topological polar surface area (TPSA) is 70.1 Å².